The summed E-state index contributed by atoms with van der Waals surface area (Å²) < 4.78 is 6.72. The maximum Gasteiger partial charge on any atom is 0.329 e. The first kappa shape index (κ1) is 29.1. The minimum Gasteiger partial charge on any atom is -0.480 e. The molecule has 194 valence electrons. The average Bonchev–Trinajstić information content (AvgIpc) is 2.79. The first-order chi connectivity index (χ1) is 16.5. The van der Waals surface area contributed by atoms with Crippen molar-refractivity contribution in [2.75, 3.05) is 4.90 Å². The molecule has 2 rings (SSSR count). The SMILES string of the molecule is CCCCC[C@H](CC(O)C(C(=O)O)N(Cc1ccccc1)c1ccccc1)O[Si](C)(C)C(C)(C)C. The monoisotopic (exact) mass is 499 g/mol. The van der Waals surface area contributed by atoms with Gasteiger partial charge in [0.15, 0.2) is 14.4 Å². The highest BCUT2D eigenvalue weighted by Gasteiger charge is 2.41. The van der Waals surface area contributed by atoms with Crippen molar-refractivity contribution in [1.82, 2.24) is 0 Å². The van der Waals surface area contributed by atoms with E-state index in [1.54, 1.807) is 4.90 Å². The first-order valence-electron chi connectivity index (χ1n) is 12.9. The summed E-state index contributed by atoms with van der Waals surface area (Å²) in [5.74, 6) is -1.03. The number of aliphatic hydroxyl groups excluding tert-OH is 1. The number of aliphatic carboxylic acids is 1. The molecular formula is C29H45NO4Si. The molecule has 0 spiro atoms. The molecule has 0 saturated heterocycles. The number of rotatable bonds is 14. The molecule has 35 heavy (non-hydrogen) atoms. The highest BCUT2D eigenvalue weighted by Crippen LogP contribution is 2.38. The van der Waals surface area contributed by atoms with Crippen molar-refractivity contribution in [2.45, 2.75) is 103 Å². The quantitative estimate of drug-likeness (QED) is 0.219. The molecule has 0 aliphatic heterocycles. The van der Waals surface area contributed by atoms with E-state index in [1.165, 1.54) is 0 Å². The number of benzene rings is 2. The van der Waals surface area contributed by atoms with E-state index in [-0.39, 0.29) is 11.1 Å². The Morgan fingerprint density at radius 1 is 1.00 bits per heavy atom. The molecule has 0 bridgehead atoms. The summed E-state index contributed by atoms with van der Waals surface area (Å²) in [6, 6.07) is 18.2. The van der Waals surface area contributed by atoms with E-state index in [4.69, 9.17) is 4.43 Å². The Hall–Kier alpha value is -2.15. The Morgan fingerprint density at radius 2 is 1.57 bits per heavy atom. The van der Waals surface area contributed by atoms with E-state index >= 15 is 0 Å². The van der Waals surface area contributed by atoms with Gasteiger partial charge >= 0.3 is 5.97 Å². The number of carboxylic acid groups (broad SMARTS) is 1. The van der Waals surface area contributed by atoms with Crippen LogP contribution in [-0.4, -0.2) is 42.7 Å². The van der Waals surface area contributed by atoms with Crippen LogP contribution in [-0.2, 0) is 15.8 Å². The summed E-state index contributed by atoms with van der Waals surface area (Å²) in [6.07, 6.45) is 3.08. The lowest BCUT2D eigenvalue weighted by Gasteiger charge is -2.41. The van der Waals surface area contributed by atoms with Gasteiger partial charge in [-0.3, -0.25) is 0 Å². The van der Waals surface area contributed by atoms with Crippen LogP contribution in [0.3, 0.4) is 0 Å². The van der Waals surface area contributed by atoms with Gasteiger partial charge in [-0.1, -0.05) is 95.5 Å². The highest BCUT2D eigenvalue weighted by atomic mass is 28.4. The zero-order chi connectivity index (χ0) is 26.1. The van der Waals surface area contributed by atoms with Gasteiger partial charge in [0, 0.05) is 24.8 Å². The number of hydrogen-bond donors (Lipinski definition) is 2. The summed E-state index contributed by atoms with van der Waals surface area (Å²) in [5.41, 5.74) is 1.77. The number of carbonyl (C=O) groups is 1. The molecule has 0 saturated carbocycles. The largest absolute Gasteiger partial charge is 0.480 e. The van der Waals surface area contributed by atoms with E-state index in [1.807, 2.05) is 60.7 Å². The molecule has 2 aromatic carbocycles. The van der Waals surface area contributed by atoms with Crippen molar-refractivity contribution in [3.8, 4) is 0 Å². The third kappa shape index (κ3) is 8.78. The van der Waals surface area contributed by atoms with Crippen LogP contribution >= 0.6 is 0 Å². The number of unbranched alkanes of at least 4 members (excludes halogenated alkanes) is 2. The van der Waals surface area contributed by atoms with E-state index in [2.05, 4.69) is 40.8 Å². The van der Waals surface area contributed by atoms with Gasteiger partial charge in [-0.05, 0) is 42.2 Å². The highest BCUT2D eigenvalue weighted by molar-refractivity contribution is 6.74. The van der Waals surface area contributed by atoms with Gasteiger partial charge < -0.3 is 19.5 Å². The van der Waals surface area contributed by atoms with Crippen molar-refractivity contribution in [1.29, 1.82) is 0 Å². The van der Waals surface area contributed by atoms with Crippen LogP contribution in [0.1, 0.15) is 65.4 Å². The maximum atomic E-state index is 12.6. The summed E-state index contributed by atoms with van der Waals surface area (Å²) in [4.78, 5) is 14.4. The van der Waals surface area contributed by atoms with E-state index in [0.717, 1.165) is 36.9 Å². The second kappa shape index (κ2) is 13.2. The summed E-state index contributed by atoms with van der Waals surface area (Å²) in [7, 11) is -2.08. The molecule has 2 N–H and O–H groups in total. The van der Waals surface area contributed by atoms with Crippen LogP contribution in [0.5, 0.6) is 0 Å². The summed E-state index contributed by atoms with van der Waals surface area (Å²) in [5, 5.41) is 21.8. The Labute approximate surface area is 213 Å². The molecular weight excluding hydrogens is 454 g/mol. The first-order valence-corrected chi connectivity index (χ1v) is 15.8. The van der Waals surface area contributed by atoms with Crippen molar-refractivity contribution in [3.05, 3.63) is 66.2 Å². The van der Waals surface area contributed by atoms with Crippen molar-refractivity contribution >= 4 is 20.0 Å². The molecule has 0 fully saturated rings. The molecule has 0 aromatic heterocycles. The number of carboxylic acids is 1. The fraction of sp³-hybridized carbons (Fsp3) is 0.552. The Bertz CT molecular complexity index is 883. The molecule has 6 heteroatoms. The van der Waals surface area contributed by atoms with Gasteiger partial charge in [-0.15, -0.1) is 0 Å². The standard InChI is InChI=1S/C29H45NO4Si/c1-7-8-11-20-25(34-35(5,6)29(2,3)4)21-26(31)27(28(32)33)30(24-18-14-10-15-19-24)22-23-16-12-9-13-17-23/h9-10,12-19,25-27,31H,7-8,11,20-22H2,1-6H3,(H,32,33)/t25-,26?,27?/m1/s1. The van der Waals surface area contributed by atoms with Crippen LogP contribution < -0.4 is 4.90 Å². The van der Waals surface area contributed by atoms with Crippen molar-refractivity contribution in [3.63, 3.8) is 0 Å². The molecule has 3 atom stereocenters. The van der Waals surface area contributed by atoms with Gasteiger partial charge in [0.1, 0.15) is 0 Å². The molecule has 5 nitrogen and oxygen atoms in total. The molecule has 2 aromatic rings. The number of para-hydroxylation sites is 1. The molecule has 0 heterocycles. The lowest BCUT2D eigenvalue weighted by molar-refractivity contribution is -0.141. The topological polar surface area (TPSA) is 70.0 Å². The van der Waals surface area contributed by atoms with Crippen LogP contribution in [0, 0.1) is 0 Å². The van der Waals surface area contributed by atoms with Crippen LogP contribution in [0.2, 0.25) is 18.1 Å². The van der Waals surface area contributed by atoms with E-state index < -0.39 is 26.4 Å². The van der Waals surface area contributed by atoms with Crippen molar-refractivity contribution in [2.24, 2.45) is 0 Å². The number of nitrogens with zero attached hydrogens (tertiary/aromatic N) is 1. The zero-order valence-corrected chi connectivity index (χ0v) is 23.4. The second-order valence-electron chi connectivity index (χ2n) is 11.0. The van der Waals surface area contributed by atoms with Crippen LogP contribution in [0.4, 0.5) is 5.69 Å². The van der Waals surface area contributed by atoms with Crippen LogP contribution in [0.25, 0.3) is 0 Å². The third-order valence-corrected chi connectivity index (χ3v) is 11.7. The van der Waals surface area contributed by atoms with E-state index in [9.17, 15) is 15.0 Å². The fourth-order valence-corrected chi connectivity index (χ4v) is 5.49. The molecule has 2 unspecified atom stereocenters. The maximum absolute atomic E-state index is 12.6. The Balaban J connectivity index is 2.34. The van der Waals surface area contributed by atoms with Gasteiger partial charge in [-0.2, -0.15) is 0 Å². The van der Waals surface area contributed by atoms with Crippen molar-refractivity contribution < 1.29 is 19.4 Å². The fourth-order valence-electron chi connectivity index (χ4n) is 4.09. The third-order valence-electron chi connectivity index (χ3n) is 7.14. The van der Waals surface area contributed by atoms with Gasteiger partial charge in [0.05, 0.1) is 6.10 Å². The predicted molar refractivity (Wildman–Crippen MR) is 147 cm³/mol. The Morgan fingerprint density at radius 3 is 2.09 bits per heavy atom. The minimum atomic E-state index is -2.08. The normalized spacial score (nSPS) is 14.8. The number of anilines is 1. The Kier molecular flexibility index (Phi) is 11.0. The minimum absolute atomic E-state index is 0.0382. The van der Waals surface area contributed by atoms with Crippen LogP contribution in [0.15, 0.2) is 60.7 Å². The molecule has 0 aliphatic rings. The summed E-state index contributed by atoms with van der Waals surface area (Å²) >= 11 is 0. The lowest BCUT2D eigenvalue weighted by atomic mass is 9.98. The van der Waals surface area contributed by atoms with Gasteiger partial charge in [0.2, 0.25) is 0 Å². The number of aliphatic hydroxyl groups is 1. The molecule has 0 aliphatic carbocycles. The predicted octanol–water partition coefficient (Wildman–Crippen LogP) is 6.87. The van der Waals surface area contributed by atoms with Gasteiger partial charge in [-0.25, -0.2) is 4.79 Å². The lowest BCUT2D eigenvalue weighted by Crippen LogP contribution is -2.51. The average molecular weight is 500 g/mol. The van der Waals surface area contributed by atoms with Gasteiger partial charge in [0.25, 0.3) is 0 Å². The molecule has 0 radical (unpaired) electrons. The molecule has 0 amide bonds. The second-order valence-corrected chi connectivity index (χ2v) is 15.8. The van der Waals surface area contributed by atoms with E-state index in [0.29, 0.717) is 13.0 Å². The summed E-state index contributed by atoms with van der Waals surface area (Å²) in [6.45, 7) is 13.6. The zero-order valence-electron chi connectivity index (χ0n) is 22.4. The number of hydrogen-bond acceptors (Lipinski definition) is 4. The smallest absolute Gasteiger partial charge is 0.329 e.